The lowest BCUT2D eigenvalue weighted by molar-refractivity contribution is -0.905. The molecule has 2 N–H and O–H groups in total. The number of amides is 1. The van der Waals surface area contributed by atoms with Crippen LogP contribution in [0.15, 0.2) is 42.5 Å². The molecule has 0 heterocycles. The number of carbonyl (C=O) groups excluding carboxylic acids is 1. The maximum atomic E-state index is 12.5. The SMILES string of the molecule is C[NH+](CC(=O)Nc1cc(Cl)ccc1C#N)[C@@H]1CCCc2ccccc21. The van der Waals surface area contributed by atoms with Crippen molar-refractivity contribution in [3.63, 3.8) is 0 Å². The van der Waals surface area contributed by atoms with E-state index in [4.69, 9.17) is 16.9 Å². The Kier molecular flexibility index (Phi) is 5.37. The monoisotopic (exact) mass is 354 g/mol. The fourth-order valence-electron chi connectivity index (χ4n) is 3.55. The number of halogens is 1. The van der Waals surface area contributed by atoms with Gasteiger partial charge in [0.1, 0.15) is 12.1 Å². The molecular formula is C20H21ClN3O+. The zero-order valence-corrected chi connectivity index (χ0v) is 14.9. The minimum atomic E-state index is -0.112. The number of hydrogen-bond donors (Lipinski definition) is 2. The van der Waals surface area contributed by atoms with E-state index in [1.807, 2.05) is 0 Å². The van der Waals surface area contributed by atoms with Crippen LogP contribution < -0.4 is 10.2 Å². The molecule has 0 bridgehead atoms. The van der Waals surface area contributed by atoms with Crippen molar-refractivity contribution >= 4 is 23.2 Å². The molecule has 1 aliphatic rings. The average Bonchev–Trinajstić information content (AvgIpc) is 2.61. The van der Waals surface area contributed by atoms with E-state index in [9.17, 15) is 4.79 Å². The summed E-state index contributed by atoms with van der Waals surface area (Å²) in [6, 6.07) is 15.8. The van der Waals surface area contributed by atoms with Crippen LogP contribution in [0, 0.1) is 11.3 Å². The molecule has 0 radical (unpaired) electrons. The quantitative estimate of drug-likeness (QED) is 0.887. The van der Waals surface area contributed by atoms with Crippen molar-refractivity contribution in [2.24, 2.45) is 0 Å². The Morgan fingerprint density at radius 3 is 2.96 bits per heavy atom. The maximum absolute atomic E-state index is 12.5. The number of quaternary nitrogens is 1. The number of rotatable bonds is 4. The highest BCUT2D eigenvalue weighted by Crippen LogP contribution is 2.27. The van der Waals surface area contributed by atoms with Crippen LogP contribution >= 0.6 is 11.6 Å². The first-order valence-electron chi connectivity index (χ1n) is 8.48. The number of carbonyl (C=O) groups is 1. The van der Waals surface area contributed by atoms with Gasteiger partial charge < -0.3 is 10.2 Å². The summed E-state index contributed by atoms with van der Waals surface area (Å²) in [4.78, 5) is 13.6. The van der Waals surface area contributed by atoms with Crippen molar-refractivity contribution < 1.29 is 9.69 Å². The van der Waals surface area contributed by atoms with Crippen LogP contribution in [-0.2, 0) is 11.2 Å². The summed E-state index contributed by atoms with van der Waals surface area (Å²) in [6.45, 7) is 0.344. The van der Waals surface area contributed by atoms with Gasteiger partial charge in [0.15, 0.2) is 6.54 Å². The summed E-state index contributed by atoms with van der Waals surface area (Å²) in [5.74, 6) is -0.112. The minimum Gasteiger partial charge on any atom is -0.323 e. The lowest BCUT2D eigenvalue weighted by atomic mass is 9.87. The Labute approximate surface area is 153 Å². The standard InChI is InChI=1S/C20H20ClN3O/c1-24(19-8-4-6-14-5-2-3-7-17(14)19)13-20(25)23-18-11-16(21)10-9-15(18)12-22/h2-3,5,7,9-11,19H,4,6,8,13H2,1H3,(H,23,25)/p+1/t19-/m1/s1. The molecule has 0 spiro atoms. The number of likely N-dealkylation sites (N-methyl/N-ethyl adjacent to an activating group) is 1. The smallest absolute Gasteiger partial charge is 0.279 e. The first-order valence-corrected chi connectivity index (χ1v) is 8.86. The molecule has 2 aromatic carbocycles. The zero-order chi connectivity index (χ0) is 17.8. The number of hydrogen-bond acceptors (Lipinski definition) is 2. The van der Waals surface area contributed by atoms with Crippen LogP contribution in [0.25, 0.3) is 0 Å². The molecule has 5 heteroatoms. The van der Waals surface area contributed by atoms with E-state index in [1.165, 1.54) is 11.1 Å². The average molecular weight is 355 g/mol. The summed E-state index contributed by atoms with van der Waals surface area (Å²) >= 11 is 5.98. The minimum absolute atomic E-state index is 0.112. The third-order valence-electron chi connectivity index (χ3n) is 4.78. The van der Waals surface area contributed by atoms with Crippen molar-refractivity contribution in [3.05, 3.63) is 64.2 Å². The predicted octanol–water partition coefficient (Wildman–Crippen LogP) is 2.74. The van der Waals surface area contributed by atoms with Crippen molar-refractivity contribution in [1.82, 2.24) is 0 Å². The highest BCUT2D eigenvalue weighted by molar-refractivity contribution is 6.31. The van der Waals surface area contributed by atoms with Crippen LogP contribution in [0.5, 0.6) is 0 Å². The largest absolute Gasteiger partial charge is 0.323 e. The zero-order valence-electron chi connectivity index (χ0n) is 14.2. The predicted molar refractivity (Wildman–Crippen MR) is 98.7 cm³/mol. The summed E-state index contributed by atoms with van der Waals surface area (Å²) < 4.78 is 0. The highest BCUT2D eigenvalue weighted by Gasteiger charge is 2.28. The molecule has 1 unspecified atom stereocenters. The lowest BCUT2D eigenvalue weighted by Gasteiger charge is -2.30. The molecule has 0 fully saturated rings. The van der Waals surface area contributed by atoms with Crippen LogP contribution in [0.2, 0.25) is 5.02 Å². The number of aryl methyl sites for hydroxylation is 1. The number of nitrogens with zero attached hydrogens (tertiary/aromatic N) is 1. The van der Waals surface area contributed by atoms with E-state index in [0.717, 1.165) is 24.2 Å². The van der Waals surface area contributed by atoms with Gasteiger partial charge in [-0.1, -0.05) is 35.9 Å². The molecule has 3 rings (SSSR count). The molecule has 2 atom stereocenters. The summed E-state index contributed by atoms with van der Waals surface area (Å²) in [7, 11) is 2.05. The topological polar surface area (TPSA) is 57.3 Å². The van der Waals surface area contributed by atoms with Crippen LogP contribution in [0.3, 0.4) is 0 Å². The summed E-state index contributed by atoms with van der Waals surface area (Å²) in [5.41, 5.74) is 3.62. The van der Waals surface area contributed by atoms with Gasteiger partial charge in [-0.3, -0.25) is 4.79 Å². The van der Waals surface area contributed by atoms with Gasteiger partial charge in [-0.05, 0) is 36.6 Å². The molecule has 1 amide bonds. The first kappa shape index (κ1) is 17.5. The molecule has 4 nitrogen and oxygen atoms in total. The Morgan fingerprint density at radius 1 is 1.36 bits per heavy atom. The molecule has 128 valence electrons. The van der Waals surface area contributed by atoms with Gasteiger partial charge in [0.05, 0.1) is 18.3 Å². The van der Waals surface area contributed by atoms with E-state index < -0.39 is 0 Å². The van der Waals surface area contributed by atoms with E-state index >= 15 is 0 Å². The fourth-order valence-corrected chi connectivity index (χ4v) is 3.73. The van der Waals surface area contributed by atoms with Gasteiger partial charge in [-0.15, -0.1) is 0 Å². The van der Waals surface area contributed by atoms with Gasteiger partial charge in [0, 0.05) is 17.0 Å². The van der Waals surface area contributed by atoms with Gasteiger partial charge >= 0.3 is 0 Å². The maximum Gasteiger partial charge on any atom is 0.279 e. The molecule has 1 aliphatic carbocycles. The van der Waals surface area contributed by atoms with Gasteiger partial charge in [0.2, 0.25) is 0 Å². The number of nitriles is 1. The Bertz CT molecular complexity index is 828. The third kappa shape index (κ3) is 4.01. The Hall–Kier alpha value is -2.35. The number of benzene rings is 2. The summed E-state index contributed by atoms with van der Waals surface area (Å²) in [5, 5.41) is 12.5. The van der Waals surface area contributed by atoms with Gasteiger partial charge in [-0.25, -0.2) is 0 Å². The second kappa shape index (κ2) is 7.69. The molecule has 25 heavy (non-hydrogen) atoms. The number of fused-ring (bicyclic) bond motifs is 1. The highest BCUT2D eigenvalue weighted by atomic mass is 35.5. The fraction of sp³-hybridized carbons (Fsp3) is 0.300. The van der Waals surface area contributed by atoms with Crippen molar-refractivity contribution in [2.45, 2.75) is 25.3 Å². The number of anilines is 1. The van der Waals surface area contributed by atoms with Gasteiger partial charge in [0.25, 0.3) is 5.91 Å². The van der Waals surface area contributed by atoms with Crippen LogP contribution in [0.1, 0.15) is 35.6 Å². The summed E-state index contributed by atoms with van der Waals surface area (Å²) in [6.07, 6.45) is 3.34. The first-order chi connectivity index (χ1) is 12.1. The molecular weight excluding hydrogens is 334 g/mol. The van der Waals surface area contributed by atoms with Crippen molar-refractivity contribution in [1.29, 1.82) is 5.26 Å². The van der Waals surface area contributed by atoms with Crippen molar-refractivity contribution in [2.75, 3.05) is 18.9 Å². The van der Waals surface area contributed by atoms with Crippen molar-refractivity contribution in [3.8, 4) is 6.07 Å². The Balaban J connectivity index is 1.70. The van der Waals surface area contributed by atoms with Crippen LogP contribution in [0.4, 0.5) is 5.69 Å². The van der Waals surface area contributed by atoms with E-state index in [-0.39, 0.29) is 5.91 Å². The molecule has 0 saturated carbocycles. The lowest BCUT2D eigenvalue weighted by Crippen LogP contribution is -3.10. The molecule has 0 aliphatic heterocycles. The van der Waals surface area contributed by atoms with Crippen LogP contribution in [-0.4, -0.2) is 19.5 Å². The molecule has 0 saturated heterocycles. The second-order valence-electron chi connectivity index (χ2n) is 6.52. The third-order valence-corrected chi connectivity index (χ3v) is 5.01. The second-order valence-corrected chi connectivity index (χ2v) is 6.95. The normalized spacial score (nSPS) is 17.2. The van der Waals surface area contributed by atoms with E-state index in [0.29, 0.717) is 28.9 Å². The molecule has 0 aromatic heterocycles. The van der Waals surface area contributed by atoms with E-state index in [1.54, 1.807) is 18.2 Å². The number of nitrogens with one attached hydrogen (secondary N) is 2. The van der Waals surface area contributed by atoms with E-state index in [2.05, 4.69) is 42.7 Å². The molecule has 2 aromatic rings. The Morgan fingerprint density at radius 2 is 2.16 bits per heavy atom. The van der Waals surface area contributed by atoms with Gasteiger partial charge in [-0.2, -0.15) is 5.26 Å².